The van der Waals surface area contributed by atoms with Gasteiger partial charge in [0.2, 0.25) is 11.8 Å². The average Bonchev–Trinajstić information content (AvgIpc) is 2.59. The van der Waals surface area contributed by atoms with Crippen molar-refractivity contribution in [3.8, 4) is 0 Å². The minimum atomic E-state index is -0.0657. The summed E-state index contributed by atoms with van der Waals surface area (Å²) >= 11 is 0. The van der Waals surface area contributed by atoms with Crippen LogP contribution in [0.4, 0.5) is 5.82 Å². The molecule has 3 N–H and O–H groups in total. The average molecular weight is 320 g/mol. The van der Waals surface area contributed by atoms with E-state index >= 15 is 0 Å². The van der Waals surface area contributed by atoms with E-state index in [0.717, 1.165) is 5.56 Å². The van der Waals surface area contributed by atoms with Crippen LogP contribution in [0, 0.1) is 5.92 Å². The highest BCUT2D eigenvalue weighted by atomic mass is 16.5. The summed E-state index contributed by atoms with van der Waals surface area (Å²) in [5, 5.41) is 2.90. The largest absolute Gasteiger partial charge is 0.383 e. The Labute approximate surface area is 136 Å². The molecule has 1 aliphatic heterocycles. The van der Waals surface area contributed by atoms with Crippen LogP contribution in [0.1, 0.15) is 25.3 Å². The number of nitrogens with one attached hydrogen (secondary N) is 1. The van der Waals surface area contributed by atoms with E-state index in [1.54, 1.807) is 17.2 Å². The fourth-order valence-corrected chi connectivity index (χ4v) is 2.60. The molecule has 1 saturated heterocycles. The summed E-state index contributed by atoms with van der Waals surface area (Å²) in [6, 6.07) is 3.64. The monoisotopic (exact) mass is 320 g/mol. The molecule has 1 aromatic heterocycles. The van der Waals surface area contributed by atoms with E-state index in [1.807, 2.05) is 13.0 Å². The highest BCUT2D eigenvalue weighted by molar-refractivity contribution is 5.80. The van der Waals surface area contributed by atoms with E-state index in [0.29, 0.717) is 44.9 Å². The molecule has 0 bridgehead atoms. The predicted molar refractivity (Wildman–Crippen MR) is 86.3 cm³/mol. The summed E-state index contributed by atoms with van der Waals surface area (Å²) in [6.45, 7) is 4.08. The Balaban J connectivity index is 1.75. The zero-order valence-electron chi connectivity index (χ0n) is 13.5. The molecule has 0 unspecified atom stereocenters. The van der Waals surface area contributed by atoms with Crippen LogP contribution in [-0.2, 0) is 20.9 Å². The fraction of sp³-hybridized carbons (Fsp3) is 0.562. The van der Waals surface area contributed by atoms with Gasteiger partial charge in [0.15, 0.2) is 0 Å². The normalized spacial score (nSPS) is 15.4. The number of rotatable bonds is 6. The molecule has 0 spiro atoms. The molecule has 0 saturated carbocycles. The number of aromatic nitrogens is 1. The van der Waals surface area contributed by atoms with E-state index in [2.05, 4.69) is 10.3 Å². The van der Waals surface area contributed by atoms with E-state index in [4.69, 9.17) is 10.5 Å². The summed E-state index contributed by atoms with van der Waals surface area (Å²) in [6.07, 6.45) is 2.97. The van der Waals surface area contributed by atoms with Crippen molar-refractivity contribution in [2.24, 2.45) is 5.92 Å². The second-order valence-corrected chi connectivity index (χ2v) is 5.56. The Kier molecular flexibility index (Phi) is 6.34. The standard InChI is InChI=1S/C16H24N4O3/c1-2-23-11-14(21)20-8-5-12(6-9-20)16(22)19-10-13-4-3-7-18-15(13)17/h3-4,7,12H,2,5-6,8-11H2,1H3,(H2,17,18)(H,19,22). The lowest BCUT2D eigenvalue weighted by atomic mass is 9.96. The number of nitrogens with two attached hydrogens (primary N) is 1. The number of hydrogen-bond donors (Lipinski definition) is 2. The zero-order chi connectivity index (χ0) is 16.7. The Morgan fingerprint density at radius 3 is 2.83 bits per heavy atom. The molecule has 1 fully saturated rings. The molecule has 0 aromatic carbocycles. The number of amides is 2. The smallest absolute Gasteiger partial charge is 0.248 e. The lowest BCUT2D eigenvalue weighted by Gasteiger charge is -2.31. The van der Waals surface area contributed by atoms with Gasteiger partial charge >= 0.3 is 0 Å². The van der Waals surface area contributed by atoms with E-state index in [-0.39, 0.29) is 24.3 Å². The molecule has 2 amide bonds. The Morgan fingerprint density at radius 2 is 2.17 bits per heavy atom. The second-order valence-electron chi connectivity index (χ2n) is 5.56. The summed E-state index contributed by atoms with van der Waals surface area (Å²) < 4.78 is 5.13. The van der Waals surface area contributed by atoms with Crippen LogP contribution in [0.3, 0.4) is 0 Å². The number of piperidine rings is 1. The SMILES string of the molecule is CCOCC(=O)N1CCC(C(=O)NCc2cccnc2N)CC1. The number of nitrogen functional groups attached to an aromatic ring is 1. The summed E-state index contributed by atoms with van der Waals surface area (Å²) in [7, 11) is 0. The van der Waals surface area contributed by atoms with Crippen LogP contribution in [0.25, 0.3) is 0 Å². The molecule has 7 nitrogen and oxygen atoms in total. The first kappa shape index (κ1) is 17.2. The van der Waals surface area contributed by atoms with Crippen LogP contribution in [0.5, 0.6) is 0 Å². The third kappa shape index (κ3) is 4.92. The molecule has 0 aliphatic carbocycles. The molecular weight excluding hydrogens is 296 g/mol. The predicted octanol–water partition coefficient (Wildman–Crippen LogP) is 0.555. The highest BCUT2D eigenvalue weighted by Gasteiger charge is 2.27. The van der Waals surface area contributed by atoms with Gasteiger partial charge < -0.3 is 20.7 Å². The minimum absolute atomic E-state index is 0.00478. The number of likely N-dealkylation sites (tertiary alicyclic amines) is 1. The number of carbonyl (C=O) groups is 2. The lowest BCUT2D eigenvalue weighted by Crippen LogP contribution is -2.44. The number of hydrogen-bond acceptors (Lipinski definition) is 5. The van der Waals surface area contributed by atoms with E-state index in [9.17, 15) is 9.59 Å². The highest BCUT2D eigenvalue weighted by Crippen LogP contribution is 2.18. The first-order valence-corrected chi connectivity index (χ1v) is 7.94. The van der Waals surface area contributed by atoms with Gasteiger partial charge in [-0.05, 0) is 25.8 Å². The fourth-order valence-electron chi connectivity index (χ4n) is 2.60. The van der Waals surface area contributed by atoms with Gasteiger partial charge in [-0.15, -0.1) is 0 Å². The Bertz CT molecular complexity index is 542. The van der Waals surface area contributed by atoms with Crippen LogP contribution >= 0.6 is 0 Å². The van der Waals surface area contributed by atoms with Crippen molar-refractivity contribution in [1.82, 2.24) is 15.2 Å². The van der Waals surface area contributed by atoms with Crippen molar-refractivity contribution < 1.29 is 14.3 Å². The number of anilines is 1. The maximum atomic E-state index is 12.2. The molecule has 2 rings (SSSR count). The number of pyridine rings is 1. The summed E-state index contributed by atoms with van der Waals surface area (Å²) in [4.78, 5) is 29.8. The Hall–Kier alpha value is -2.15. The first-order chi connectivity index (χ1) is 11.1. The van der Waals surface area contributed by atoms with Crippen molar-refractivity contribution in [3.63, 3.8) is 0 Å². The zero-order valence-corrected chi connectivity index (χ0v) is 13.5. The van der Waals surface area contributed by atoms with Gasteiger partial charge in [0.05, 0.1) is 0 Å². The summed E-state index contributed by atoms with van der Waals surface area (Å²) in [5.41, 5.74) is 6.57. The number of carbonyl (C=O) groups excluding carboxylic acids is 2. The van der Waals surface area contributed by atoms with Crippen LogP contribution < -0.4 is 11.1 Å². The van der Waals surface area contributed by atoms with E-state index in [1.165, 1.54) is 0 Å². The number of nitrogens with zero attached hydrogens (tertiary/aromatic N) is 2. The lowest BCUT2D eigenvalue weighted by molar-refractivity contribution is -0.139. The van der Waals surface area contributed by atoms with Gasteiger partial charge in [0.25, 0.3) is 0 Å². The van der Waals surface area contributed by atoms with Crippen molar-refractivity contribution in [3.05, 3.63) is 23.9 Å². The van der Waals surface area contributed by atoms with Crippen molar-refractivity contribution in [2.45, 2.75) is 26.3 Å². The van der Waals surface area contributed by atoms with Crippen molar-refractivity contribution in [1.29, 1.82) is 0 Å². The maximum absolute atomic E-state index is 12.2. The molecule has 1 aliphatic rings. The molecular formula is C16H24N4O3. The van der Waals surface area contributed by atoms with Gasteiger partial charge in [0.1, 0.15) is 12.4 Å². The minimum Gasteiger partial charge on any atom is -0.383 e. The van der Waals surface area contributed by atoms with Gasteiger partial charge in [-0.1, -0.05) is 6.07 Å². The second kappa shape index (κ2) is 8.47. The van der Waals surface area contributed by atoms with Gasteiger partial charge in [0, 0.05) is 43.9 Å². The quantitative estimate of drug-likeness (QED) is 0.798. The molecule has 0 radical (unpaired) electrons. The van der Waals surface area contributed by atoms with Crippen molar-refractivity contribution in [2.75, 3.05) is 32.0 Å². The van der Waals surface area contributed by atoms with Crippen LogP contribution in [0.15, 0.2) is 18.3 Å². The van der Waals surface area contributed by atoms with Crippen LogP contribution in [-0.4, -0.2) is 48.0 Å². The number of ether oxygens (including phenoxy) is 1. The van der Waals surface area contributed by atoms with Crippen LogP contribution in [0.2, 0.25) is 0 Å². The van der Waals surface area contributed by atoms with E-state index < -0.39 is 0 Å². The Morgan fingerprint density at radius 1 is 1.43 bits per heavy atom. The topological polar surface area (TPSA) is 97.5 Å². The van der Waals surface area contributed by atoms with Gasteiger partial charge in [-0.3, -0.25) is 9.59 Å². The third-order valence-electron chi connectivity index (χ3n) is 4.03. The van der Waals surface area contributed by atoms with Gasteiger partial charge in [-0.2, -0.15) is 0 Å². The molecule has 126 valence electrons. The molecule has 0 atom stereocenters. The van der Waals surface area contributed by atoms with Crippen molar-refractivity contribution >= 4 is 17.6 Å². The summed E-state index contributed by atoms with van der Waals surface area (Å²) in [5.74, 6) is 0.368. The molecule has 7 heteroatoms. The molecule has 23 heavy (non-hydrogen) atoms. The maximum Gasteiger partial charge on any atom is 0.248 e. The molecule has 1 aromatic rings. The third-order valence-corrected chi connectivity index (χ3v) is 4.03. The van der Waals surface area contributed by atoms with Gasteiger partial charge in [-0.25, -0.2) is 4.98 Å². The first-order valence-electron chi connectivity index (χ1n) is 7.94. The molecule has 2 heterocycles.